The maximum Gasteiger partial charge on any atom is 0.179 e. The molecule has 0 amide bonds. The number of hydrogen-bond acceptors (Lipinski definition) is 4. The van der Waals surface area contributed by atoms with Crippen molar-refractivity contribution in [1.29, 1.82) is 0 Å². The molecule has 0 aliphatic rings. The number of halogens is 1. The molecular formula is C9H8ClN3OS. The fourth-order valence-electron chi connectivity index (χ4n) is 1.25. The van der Waals surface area contributed by atoms with Crippen LogP contribution in [0.2, 0.25) is 4.34 Å². The van der Waals surface area contributed by atoms with E-state index in [4.69, 9.17) is 11.6 Å². The highest BCUT2D eigenvalue weighted by atomic mass is 35.5. The van der Waals surface area contributed by atoms with E-state index >= 15 is 0 Å². The molecule has 0 saturated heterocycles. The lowest BCUT2D eigenvalue weighted by Crippen LogP contribution is -2.08. The number of nitrogens with zero attached hydrogens (tertiary/aromatic N) is 3. The molecule has 6 heteroatoms. The number of rotatable bonds is 3. The van der Waals surface area contributed by atoms with Crippen LogP contribution in [0.25, 0.3) is 0 Å². The van der Waals surface area contributed by atoms with Gasteiger partial charge >= 0.3 is 0 Å². The van der Waals surface area contributed by atoms with Crippen molar-refractivity contribution in [2.24, 2.45) is 0 Å². The zero-order valence-corrected chi connectivity index (χ0v) is 9.55. The van der Waals surface area contributed by atoms with E-state index in [1.54, 1.807) is 4.68 Å². The van der Waals surface area contributed by atoms with Gasteiger partial charge in [-0.15, -0.1) is 16.4 Å². The van der Waals surface area contributed by atoms with Crippen LogP contribution >= 0.6 is 22.9 Å². The zero-order valence-electron chi connectivity index (χ0n) is 7.98. The van der Waals surface area contributed by atoms with Gasteiger partial charge < -0.3 is 0 Å². The second kappa shape index (κ2) is 4.12. The van der Waals surface area contributed by atoms with Crippen LogP contribution < -0.4 is 0 Å². The Bertz CT molecular complexity index is 491. The fraction of sp³-hybridized carbons (Fsp3) is 0.222. The van der Waals surface area contributed by atoms with E-state index in [0.717, 1.165) is 9.90 Å². The molecule has 0 N–H and O–H groups in total. The molecule has 0 aliphatic heterocycles. The summed E-state index contributed by atoms with van der Waals surface area (Å²) in [5, 5.41) is 9.50. The molecule has 15 heavy (non-hydrogen) atoms. The number of aromatic nitrogens is 3. The first-order chi connectivity index (χ1) is 7.16. The van der Waals surface area contributed by atoms with E-state index < -0.39 is 0 Å². The van der Waals surface area contributed by atoms with E-state index in [-0.39, 0.29) is 5.78 Å². The molecule has 0 saturated carbocycles. The fourth-order valence-corrected chi connectivity index (χ4v) is 2.15. The number of carbonyl (C=O) groups excluding carboxylic acids is 1. The summed E-state index contributed by atoms with van der Waals surface area (Å²) in [6, 6.07) is 1.86. The van der Waals surface area contributed by atoms with Gasteiger partial charge in [0, 0.05) is 6.92 Å². The topological polar surface area (TPSA) is 47.8 Å². The SMILES string of the molecule is CC(=O)c1cnnn1Cc1csc(Cl)c1. The van der Waals surface area contributed by atoms with Gasteiger partial charge in [0.05, 0.1) is 17.1 Å². The number of ketones is 1. The van der Waals surface area contributed by atoms with Crippen molar-refractivity contribution in [2.75, 3.05) is 0 Å². The molecule has 4 nitrogen and oxygen atoms in total. The van der Waals surface area contributed by atoms with Crippen LogP contribution in [0.3, 0.4) is 0 Å². The van der Waals surface area contributed by atoms with Crippen molar-refractivity contribution >= 4 is 28.7 Å². The van der Waals surface area contributed by atoms with Crippen LogP contribution in [0, 0.1) is 0 Å². The van der Waals surface area contributed by atoms with Crippen molar-refractivity contribution in [1.82, 2.24) is 15.0 Å². The molecule has 2 rings (SSSR count). The third kappa shape index (κ3) is 2.24. The van der Waals surface area contributed by atoms with E-state index in [0.29, 0.717) is 12.2 Å². The molecule has 0 aromatic carbocycles. The minimum atomic E-state index is -0.0404. The standard InChI is InChI=1S/C9H8ClN3OS/c1-6(14)8-3-11-12-13(8)4-7-2-9(10)15-5-7/h2-3,5H,4H2,1H3. The summed E-state index contributed by atoms with van der Waals surface area (Å²) < 4.78 is 2.30. The second-order valence-electron chi connectivity index (χ2n) is 3.09. The summed E-state index contributed by atoms with van der Waals surface area (Å²) in [5.41, 5.74) is 1.54. The highest BCUT2D eigenvalue weighted by Crippen LogP contribution is 2.20. The summed E-state index contributed by atoms with van der Waals surface area (Å²) in [7, 11) is 0. The van der Waals surface area contributed by atoms with Crippen LogP contribution in [0.4, 0.5) is 0 Å². The summed E-state index contributed by atoms with van der Waals surface area (Å²) in [6.07, 6.45) is 1.47. The molecule has 0 radical (unpaired) electrons. The lowest BCUT2D eigenvalue weighted by atomic mass is 10.3. The Kier molecular flexibility index (Phi) is 2.83. The van der Waals surface area contributed by atoms with Gasteiger partial charge in [-0.25, -0.2) is 4.68 Å². The smallest absolute Gasteiger partial charge is 0.179 e. The second-order valence-corrected chi connectivity index (χ2v) is 4.63. The Labute approximate surface area is 95.5 Å². The summed E-state index contributed by atoms with van der Waals surface area (Å²) in [5.74, 6) is -0.0404. The Morgan fingerprint density at radius 1 is 1.67 bits per heavy atom. The van der Waals surface area contributed by atoms with Crippen LogP contribution in [0.5, 0.6) is 0 Å². The Morgan fingerprint density at radius 2 is 2.47 bits per heavy atom. The highest BCUT2D eigenvalue weighted by Gasteiger charge is 2.09. The van der Waals surface area contributed by atoms with Gasteiger partial charge in [0.1, 0.15) is 5.69 Å². The monoisotopic (exact) mass is 241 g/mol. The predicted molar refractivity (Wildman–Crippen MR) is 58.5 cm³/mol. The number of carbonyl (C=O) groups is 1. The molecule has 0 spiro atoms. The molecule has 0 aliphatic carbocycles. The Balaban J connectivity index is 2.24. The maximum absolute atomic E-state index is 11.2. The molecule has 78 valence electrons. The molecule has 2 aromatic rings. The normalized spacial score (nSPS) is 10.5. The molecule has 0 fully saturated rings. The van der Waals surface area contributed by atoms with Crippen LogP contribution in [-0.4, -0.2) is 20.8 Å². The number of hydrogen-bond donors (Lipinski definition) is 0. The third-order valence-electron chi connectivity index (χ3n) is 1.93. The van der Waals surface area contributed by atoms with Gasteiger partial charge in [0.2, 0.25) is 0 Å². The van der Waals surface area contributed by atoms with Crippen molar-refractivity contribution in [3.63, 3.8) is 0 Å². The molecule has 0 bridgehead atoms. The van der Waals surface area contributed by atoms with Crippen LogP contribution in [0.1, 0.15) is 23.0 Å². The molecule has 0 unspecified atom stereocenters. The minimum absolute atomic E-state index is 0.0404. The first-order valence-corrected chi connectivity index (χ1v) is 5.55. The van der Waals surface area contributed by atoms with E-state index in [1.165, 1.54) is 24.5 Å². The summed E-state index contributed by atoms with van der Waals surface area (Å²) in [6.45, 7) is 2.02. The minimum Gasteiger partial charge on any atom is -0.293 e. The Morgan fingerprint density at radius 3 is 3.07 bits per heavy atom. The van der Waals surface area contributed by atoms with Gasteiger partial charge in [-0.05, 0) is 17.0 Å². The van der Waals surface area contributed by atoms with Gasteiger partial charge in [0.15, 0.2) is 5.78 Å². The molecule has 0 atom stereocenters. The van der Waals surface area contributed by atoms with Crippen LogP contribution in [0.15, 0.2) is 17.6 Å². The van der Waals surface area contributed by atoms with Crippen molar-refractivity contribution in [3.8, 4) is 0 Å². The van der Waals surface area contributed by atoms with Gasteiger partial charge in [-0.3, -0.25) is 4.79 Å². The first kappa shape index (κ1) is 10.3. The largest absolute Gasteiger partial charge is 0.293 e. The van der Waals surface area contributed by atoms with Gasteiger partial charge in [-0.1, -0.05) is 16.8 Å². The first-order valence-electron chi connectivity index (χ1n) is 4.29. The average Bonchev–Trinajstić information content (AvgIpc) is 2.75. The maximum atomic E-state index is 11.2. The van der Waals surface area contributed by atoms with E-state index in [2.05, 4.69) is 10.3 Å². The zero-order chi connectivity index (χ0) is 10.8. The lowest BCUT2D eigenvalue weighted by Gasteiger charge is -2.00. The summed E-state index contributed by atoms with van der Waals surface area (Å²) >= 11 is 7.27. The van der Waals surface area contributed by atoms with E-state index in [1.807, 2.05) is 11.4 Å². The highest BCUT2D eigenvalue weighted by molar-refractivity contribution is 7.14. The molecular weight excluding hydrogens is 234 g/mol. The Hall–Kier alpha value is -1.20. The summed E-state index contributed by atoms with van der Waals surface area (Å²) in [4.78, 5) is 11.2. The van der Waals surface area contributed by atoms with E-state index in [9.17, 15) is 4.79 Å². The predicted octanol–water partition coefficient (Wildman–Crippen LogP) is 2.24. The quantitative estimate of drug-likeness (QED) is 0.775. The molecule has 2 aromatic heterocycles. The molecule has 2 heterocycles. The number of thiophene rings is 1. The average molecular weight is 242 g/mol. The van der Waals surface area contributed by atoms with Gasteiger partial charge in [0.25, 0.3) is 0 Å². The lowest BCUT2D eigenvalue weighted by molar-refractivity contribution is 0.100. The van der Waals surface area contributed by atoms with Crippen molar-refractivity contribution in [3.05, 3.63) is 33.2 Å². The number of Topliss-reactive ketones (excluding diaryl/α,β-unsaturated/α-hetero) is 1. The van der Waals surface area contributed by atoms with Crippen molar-refractivity contribution < 1.29 is 4.79 Å². The van der Waals surface area contributed by atoms with Crippen LogP contribution in [-0.2, 0) is 6.54 Å². The third-order valence-corrected chi connectivity index (χ3v) is 3.07. The van der Waals surface area contributed by atoms with Crippen molar-refractivity contribution in [2.45, 2.75) is 13.5 Å². The van der Waals surface area contributed by atoms with Gasteiger partial charge in [-0.2, -0.15) is 0 Å².